The lowest BCUT2D eigenvalue weighted by molar-refractivity contribution is -0.136. The Kier molecular flexibility index (Phi) is 6.42. The Hall–Kier alpha value is -3.06. The van der Waals surface area contributed by atoms with Gasteiger partial charge in [0.2, 0.25) is 5.91 Å². The van der Waals surface area contributed by atoms with Crippen molar-refractivity contribution >= 4 is 33.8 Å². The van der Waals surface area contributed by atoms with E-state index in [4.69, 9.17) is 9.15 Å². The molecule has 0 N–H and O–H groups in total. The number of piperazine rings is 1. The quantitative estimate of drug-likeness (QED) is 0.585. The van der Waals surface area contributed by atoms with Crippen molar-refractivity contribution in [1.82, 2.24) is 14.7 Å². The summed E-state index contributed by atoms with van der Waals surface area (Å²) in [6, 6.07) is 13.5. The summed E-state index contributed by atoms with van der Waals surface area (Å²) < 4.78 is 11.6. The van der Waals surface area contributed by atoms with Gasteiger partial charge in [0.1, 0.15) is 16.9 Å². The molecule has 0 atom stereocenters. The lowest BCUT2D eigenvalue weighted by Crippen LogP contribution is -2.52. The summed E-state index contributed by atoms with van der Waals surface area (Å²) in [5, 5.41) is 2.01. The summed E-state index contributed by atoms with van der Waals surface area (Å²) in [5.74, 6) is 0.762. The Bertz CT molecular complexity index is 1070. The fourth-order valence-corrected chi connectivity index (χ4v) is 4.05. The van der Waals surface area contributed by atoms with E-state index in [1.807, 2.05) is 66.1 Å². The van der Waals surface area contributed by atoms with Crippen molar-refractivity contribution in [1.29, 1.82) is 0 Å². The molecule has 1 fully saturated rings. The van der Waals surface area contributed by atoms with E-state index in [0.717, 1.165) is 35.0 Å². The van der Waals surface area contributed by atoms with Crippen molar-refractivity contribution in [3.05, 3.63) is 42.5 Å². The number of ether oxygens (including phenoxy) is 1. The molecule has 1 aliphatic heterocycles. The fraction of sp³-hybridized carbons (Fsp3) is 0.417. The fourth-order valence-electron chi connectivity index (χ4n) is 4.05. The molecule has 2 amide bonds. The molecule has 0 unspecified atom stereocenters. The van der Waals surface area contributed by atoms with Crippen LogP contribution in [0.1, 0.15) is 13.8 Å². The number of fused-ring (bicyclic) bond motifs is 3. The second-order valence-corrected chi connectivity index (χ2v) is 7.77. The molecular formula is C24H29N3O4. The van der Waals surface area contributed by atoms with Gasteiger partial charge in [0.25, 0.3) is 5.91 Å². The summed E-state index contributed by atoms with van der Waals surface area (Å²) in [5.41, 5.74) is 1.64. The van der Waals surface area contributed by atoms with Crippen LogP contribution in [0.4, 0.5) is 0 Å². The third-order valence-corrected chi connectivity index (χ3v) is 5.91. The van der Waals surface area contributed by atoms with Gasteiger partial charge in [-0.1, -0.05) is 18.2 Å². The van der Waals surface area contributed by atoms with Gasteiger partial charge in [0.15, 0.2) is 6.61 Å². The second-order valence-electron chi connectivity index (χ2n) is 7.77. The minimum Gasteiger partial charge on any atom is -0.484 e. The van der Waals surface area contributed by atoms with Gasteiger partial charge in [-0.2, -0.15) is 0 Å². The second kappa shape index (κ2) is 9.39. The molecule has 7 heteroatoms. The topological polar surface area (TPSA) is 66.2 Å². The lowest BCUT2D eigenvalue weighted by Gasteiger charge is -2.35. The van der Waals surface area contributed by atoms with Gasteiger partial charge in [-0.05, 0) is 38.1 Å². The van der Waals surface area contributed by atoms with Crippen LogP contribution < -0.4 is 4.74 Å². The predicted molar refractivity (Wildman–Crippen MR) is 120 cm³/mol. The van der Waals surface area contributed by atoms with Gasteiger partial charge >= 0.3 is 0 Å². The number of carbonyl (C=O) groups excluding carboxylic acids is 2. The number of hydrogen-bond acceptors (Lipinski definition) is 5. The van der Waals surface area contributed by atoms with Crippen molar-refractivity contribution in [3.8, 4) is 5.75 Å². The number of likely N-dealkylation sites (N-methyl/N-ethyl adjacent to an activating group) is 1. The molecule has 0 radical (unpaired) electrons. The Morgan fingerprint density at radius 3 is 2.42 bits per heavy atom. The van der Waals surface area contributed by atoms with Crippen LogP contribution in [0.2, 0.25) is 0 Å². The van der Waals surface area contributed by atoms with Crippen molar-refractivity contribution in [2.75, 3.05) is 52.4 Å². The maximum atomic E-state index is 12.6. The molecule has 4 rings (SSSR count). The van der Waals surface area contributed by atoms with E-state index in [-0.39, 0.29) is 18.4 Å². The third kappa shape index (κ3) is 4.66. The number of rotatable bonds is 7. The average Bonchev–Trinajstić information content (AvgIpc) is 3.17. The van der Waals surface area contributed by atoms with E-state index in [1.165, 1.54) is 0 Å². The van der Waals surface area contributed by atoms with Crippen LogP contribution in [-0.4, -0.2) is 78.9 Å². The maximum Gasteiger partial charge on any atom is 0.260 e. The molecule has 164 valence electrons. The van der Waals surface area contributed by atoms with Gasteiger partial charge < -0.3 is 19.0 Å². The molecule has 1 aliphatic rings. The van der Waals surface area contributed by atoms with Crippen LogP contribution in [0, 0.1) is 0 Å². The zero-order valence-corrected chi connectivity index (χ0v) is 18.2. The minimum absolute atomic E-state index is 0.000329. The summed E-state index contributed by atoms with van der Waals surface area (Å²) in [6.07, 6.45) is 0. The number of amides is 2. The molecule has 0 bridgehead atoms. The predicted octanol–water partition coefficient (Wildman–Crippen LogP) is 2.98. The van der Waals surface area contributed by atoms with Gasteiger partial charge in [0, 0.05) is 50.0 Å². The van der Waals surface area contributed by atoms with E-state index in [2.05, 4.69) is 4.90 Å². The highest BCUT2D eigenvalue weighted by atomic mass is 16.5. The molecule has 3 aromatic rings. The largest absolute Gasteiger partial charge is 0.484 e. The summed E-state index contributed by atoms with van der Waals surface area (Å²) in [4.78, 5) is 30.7. The van der Waals surface area contributed by atoms with E-state index >= 15 is 0 Å². The number of nitrogens with zero attached hydrogens (tertiary/aromatic N) is 3. The highest BCUT2D eigenvalue weighted by molar-refractivity contribution is 6.05. The molecule has 1 saturated heterocycles. The molecule has 0 spiro atoms. The lowest BCUT2D eigenvalue weighted by atomic mass is 10.1. The molecule has 1 aromatic heterocycles. The third-order valence-electron chi connectivity index (χ3n) is 5.91. The summed E-state index contributed by atoms with van der Waals surface area (Å²) >= 11 is 0. The number of para-hydroxylation sites is 1. The smallest absolute Gasteiger partial charge is 0.260 e. The van der Waals surface area contributed by atoms with Crippen LogP contribution in [0.5, 0.6) is 5.75 Å². The zero-order chi connectivity index (χ0) is 21.8. The number of furan rings is 1. The van der Waals surface area contributed by atoms with Crippen molar-refractivity contribution < 1.29 is 18.7 Å². The molecule has 2 aromatic carbocycles. The molecule has 7 nitrogen and oxygen atoms in total. The van der Waals surface area contributed by atoms with Gasteiger partial charge in [-0.3, -0.25) is 14.5 Å². The van der Waals surface area contributed by atoms with E-state index in [0.29, 0.717) is 38.5 Å². The van der Waals surface area contributed by atoms with Crippen LogP contribution in [0.3, 0.4) is 0 Å². The van der Waals surface area contributed by atoms with Crippen molar-refractivity contribution in [2.45, 2.75) is 13.8 Å². The Balaban J connectivity index is 1.30. The van der Waals surface area contributed by atoms with Crippen molar-refractivity contribution in [2.24, 2.45) is 0 Å². The number of carbonyl (C=O) groups is 2. The number of hydrogen-bond donors (Lipinski definition) is 0. The summed E-state index contributed by atoms with van der Waals surface area (Å²) in [7, 11) is 0. The van der Waals surface area contributed by atoms with E-state index in [9.17, 15) is 9.59 Å². The Morgan fingerprint density at radius 1 is 0.968 bits per heavy atom. The molecule has 31 heavy (non-hydrogen) atoms. The molecule has 2 heterocycles. The Labute approximate surface area is 182 Å². The number of benzene rings is 2. The van der Waals surface area contributed by atoms with Crippen LogP contribution in [-0.2, 0) is 9.59 Å². The first-order chi connectivity index (χ1) is 15.1. The normalized spacial score (nSPS) is 14.8. The van der Waals surface area contributed by atoms with Crippen LogP contribution in [0.15, 0.2) is 46.9 Å². The molecule has 0 saturated carbocycles. The highest BCUT2D eigenvalue weighted by Gasteiger charge is 2.24. The minimum atomic E-state index is -0.0353. The average molecular weight is 424 g/mol. The monoisotopic (exact) mass is 423 g/mol. The van der Waals surface area contributed by atoms with Gasteiger partial charge in [0.05, 0.1) is 6.54 Å². The first-order valence-corrected chi connectivity index (χ1v) is 10.9. The summed E-state index contributed by atoms with van der Waals surface area (Å²) in [6.45, 7) is 8.47. The first-order valence-electron chi connectivity index (χ1n) is 10.9. The standard InChI is InChI=1S/C24H29N3O4/c1-3-26(4-2)23(28)16-25-11-13-27(14-12-25)24(29)17-30-18-9-10-22-20(15-18)19-7-5-6-8-21(19)31-22/h5-10,15H,3-4,11-14,16-17H2,1-2H3. The molecule has 0 aliphatic carbocycles. The van der Waals surface area contributed by atoms with Gasteiger partial charge in [-0.25, -0.2) is 0 Å². The van der Waals surface area contributed by atoms with Crippen molar-refractivity contribution in [3.63, 3.8) is 0 Å². The highest BCUT2D eigenvalue weighted by Crippen LogP contribution is 2.31. The maximum absolute atomic E-state index is 12.6. The van der Waals surface area contributed by atoms with Crippen LogP contribution >= 0.6 is 0 Å². The van der Waals surface area contributed by atoms with E-state index in [1.54, 1.807) is 0 Å². The first kappa shape index (κ1) is 21.2. The SMILES string of the molecule is CCN(CC)C(=O)CN1CCN(C(=O)COc2ccc3oc4ccccc4c3c2)CC1. The zero-order valence-electron chi connectivity index (χ0n) is 18.2. The van der Waals surface area contributed by atoms with Crippen LogP contribution in [0.25, 0.3) is 21.9 Å². The van der Waals surface area contributed by atoms with Gasteiger partial charge in [-0.15, -0.1) is 0 Å². The molecular weight excluding hydrogens is 394 g/mol. The van der Waals surface area contributed by atoms with E-state index < -0.39 is 0 Å². The Morgan fingerprint density at radius 2 is 1.68 bits per heavy atom.